The Hall–Kier alpha value is -2.09. The van der Waals surface area contributed by atoms with Gasteiger partial charge in [-0.25, -0.2) is 4.79 Å². The van der Waals surface area contributed by atoms with Crippen molar-refractivity contribution in [1.82, 2.24) is 18.7 Å². The van der Waals surface area contributed by atoms with Gasteiger partial charge >= 0.3 is 5.69 Å². The number of aromatic nitrogens is 4. The first-order valence-electron chi connectivity index (χ1n) is 9.39. The number of imidazole rings is 1. The molecule has 8 nitrogen and oxygen atoms in total. The van der Waals surface area contributed by atoms with Crippen molar-refractivity contribution in [1.29, 1.82) is 0 Å². The van der Waals surface area contributed by atoms with E-state index in [2.05, 4.69) is 25.7 Å². The van der Waals surface area contributed by atoms with Crippen molar-refractivity contribution in [3.8, 4) is 0 Å². The third-order valence-corrected chi connectivity index (χ3v) is 5.68. The van der Waals surface area contributed by atoms with E-state index in [9.17, 15) is 9.59 Å². The van der Waals surface area contributed by atoms with E-state index in [1.165, 1.54) is 11.6 Å². The van der Waals surface area contributed by atoms with E-state index in [1.54, 1.807) is 7.05 Å². The maximum Gasteiger partial charge on any atom is 0.332 e. The maximum atomic E-state index is 12.9. The number of anilines is 1. The molecule has 1 aliphatic rings. The van der Waals surface area contributed by atoms with Gasteiger partial charge in [0.1, 0.15) is 0 Å². The van der Waals surface area contributed by atoms with Crippen LogP contribution in [0.2, 0.25) is 0 Å². The van der Waals surface area contributed by atoms with Crippen LogP contribution in [0, 0.1) is 11.8 Å². The topological polar surface area (TPSA) is 91.1 Å². The third-order valence-electron chi connectivity index (χ3n) is 5.68. The Kier molecular flexibility index (Phi) is 4.96. The van der Waals surface area contributed by atoms with Crippen LogP contribution >= 0.6 is 0 Å². The van der Waals surface area contributed by atoms with Gasteiger partial charge < -0.3 is 15.2 Å². The molecule has 0 aliphatic carbocycles. The van der Waals surface area contributed by atoms with E-state index in [0.29, 0.717) is 36.1 Å². The van der Waals surface area contributed by atoms with Crippen LogP contribution in [-0.2, 0) is 20.6 Å². The van der Waals surface area contributed by atoms with Gasteiger partial charge in [0.2, 0.25) is 5.95 Å². The Bertz CT molecular complexity index is 922. The fourth-order valence-corrected chi connectivity index (χ4v) is 3.54. The fourth-order valence-electron chi connectivity index (χ4n) is 3.54. The van der Waals surface area contributed by atoms with E-state index in [1.807, 2.05) is 4.57 Å². The SMILES string of the molecule is CC(C)C(C)Cn1c(N2CCCC(N)C2)nc2c1c(=O)n(C)c(=O)n2C. The zero-order valence-corrected chi connectivity index (χ0v) is 16.4. The Balaban J connectivity index is 2.25. The van der Waals surface area contributed by atoms with Crippen molar-refractivity contribution < 1.29 is 0 Å². The maximum absolute atomic E-state index is 12.9. The highest BCUT2D eigenvalue weighted by atomic mass is 16.2. The van der Waals surface area contributed by atoms with Gasteiger partial charge in [0.15, 0.2) is 11.2 Å². The lowest BCUT2D eigenvalue weighted by molar-refractivity contribution is 0.366. The van der Waals surface area contributed by atoms with Gasteiger partial charge in [-0.05, 0) is 24.7 Å². The lowest BCUT2D eigenvalue weighted by Crippen LogP contribution is -2.44. The average molecular weight is 362 g/mol. The van der Waals surface area contributed by atoms with Crippen LogP contribution in [0.25, 0.3) is 11.2 Å². The molecule has 0 bridgehead atoms. The molecule has 2 aromatic rings. The molecule has 3 rings (SSSR count). The highest BCUT2D eigenvalue weighted by Crippen LogP contribution is 2.25. The molecule has 0 radical (unpaired) electrons. The van der Waals surface area contributed by atoms with Gasteiger partial charge in [0.05, 0.1) is 0 Å². The van der Waals surface area contributed by atoms with E-state index in [0.717, 1.165) is 29.9 Å². The molecular weight excluding hydrogens is 332 g/mol. The molecule has 0 saturated carbocycles. The third kappa shape index (κ3) is 3.06. The van der Waals surface area contributed by atoms with Gasteiger partial charge in [-0.3, -0.25) is 13.9 Å². The zero-order chi connectivity index (χ0) is 19.2. The van der Waals surface area contributed by atoms with Crippen molar-refractivity contribution in [2.24, 2.45) is 31.7 Å². The second kappa shape index (κ2) is 6.90. The van der Waals surface area contributed by atoms with Gasteiger partial charge in [0, 0.05) is 39.8 Å². The molecule has 2 aromatic heterocycles. The summed E-state index contributed by atoms with van der Waals surface area (Å²) in [4.78, 5) is 32.1. The molecule has 26 heavy (non-hydrogen) atoms. The predicted molar refractivity (Wildman–Crippen MR) is 104 cm³/mol. The van der Waals surface area contributed by atoms with Crippen LogP contribution in [0.4, 0.5) is 5.95 Å². The zero-order valence-electron chi connectivity index (χ0n) is 16.4. The lowest BCUT2D eigenvalue weighted by atomic mass is 9.98. The minimum absolute atomic E-state index is 0.103. The van der Waals surface area contributed by atoms with Gasteiger partial charge in [-0.15, -0.1) is 0 Å². The molecule has 2 atom stereocenters. The Labute approximate surface area is 153 Å². The highest BCUT2D eigenvalue weighted by molar-refractivity contribution is 5.74. The summed E-state index contributed by atoms with van der Waals surface area (Å²) in [5.74, 6) is 1.59. The quantitative estimate of drug-likeness (QED) is 0.862. The van der Waals surface area contributed by atoms with Crippen LogP contribution in [0.1, 0.15) is 33.6 Å². The van der Waals surface area contributed by atoms with Gasteiger partial charge in [-0.1, -0.05) is 20.8 Å². The number of piperidine rings is 1. The molecule has 8 heteroatoms. The monoisotopic (exact) mass is 362 g/mol. The van der Waals surface area contributed by atoms with Crippen LogP contribution in [-0.4, -0.2) is 37.8 Å². The van der Waals surface area contributed by atoms with Gasteiger partial charge in [-0.2, -0.15) is 4.98 Å². The minimum atomic E-state index is -0.356. The normalized spacial score (nSPS) is 19.5. The minimum Gasteiger partial charge on any atom is -0.341 e. The number of rotatable bonds is 4. The summed E-state index contributed by atoms with van der Waals surface area (Å²) in [7, 11) is 3.18. The van der Waals surface area contributed by atoms with Crippen molar-refractivity contribution in [3.63, 3.8) is 0 Å². The lowest BCUT2D eigenvalue weighted by Gasteiger charge is -2.32. The van der Waals surface area contributed by atoms with Crippen LogP contribution in [0.15, 0.2) is 9.59 Å². The summed E-state index contributed by atoms with van der Waals surface area (Å²) in [5, 5.41) is 0. The molecule has 0 amide bonds. The first kappa shape index (κ1) is 18.7. The standard InChI is InChI=1S/C18H30N6O2/c1-11(2)12(3)9-24-14-15(21(4)18(26)22(5)16(14)25)20-17(24)23-8-6-7-13(19)10-23/h11-13H,6-10,19H2,1-5H3. The molecule has 144 valence electrons. The number of nitrogens with two attached hydrogens (primary N) is 1. The molecule has 3 heterocycles. The molecule has 0 aromatic carbocycles. The molecule has 2 unspecified atom stereocenters. The Morgan fingerprint density at radius 2 is 1.88 bits per heavy atom. The second-order valence-corrected chi connectivity index (χ2v) is 7.97. The molecule has 1 aliphatic heterocycles. The van der Waals surface area contributed by atoms with Crippen molar-refractivity contribution in [3.05, 3.63) is 20.8 Å². The largest absolute Gasteiger partial charge is 0.341 e. The van der Waals surface area contributed by atoms with Gasteiger partial charge in [0.25, 0.3) is 5.56 Å². The summed E-state index contributed by atoms with van der Waals surface area (Å²) in [6.45, 7) is 8.79. The first-order chi connectivity index (χ1) is 12.2. The summed E-state index contributed by atoms with van der Waals surface area (Å²) >= 11 is 0. The van der Waals surface area contributed by atoms with E-state index in [-0.39, 0.29) is 17.3 Å². The molecule has 2 N–H and O–H groups in total. The Morgan fingerprint density at radius 3 is 2.50 bits per heavy atom. The van der Waals surface area contributed by atoms with E-state index >= 15 is 0 Å². The summed E-state index contributed by atoms with van der Waals surface area (Å²) in [5.41, 5.74) is 6.46. The van der Waals surface area contributed by atoms with Crippen molar-refractivity contribution >= 4 is 17.1 Å². The number of aryl methyl sites for hydroxylation is 1. The first-order valence-corrected chi connectivity index (χ1v) is 9.39. The summed E-state index contributed by atoms with van der Waals surface area (Å²) < 4.78 is 4.62. The van der Waals surface area contributed by atoms with Crippen molar-refractivity contribution in [2.75, 3.05) is 18.0 Å². The van der Waals surface area contributed by atoms with Crippen LogP contribution < -0.4 is 21.9 Å². The Morgan fingerprint density at radius 1 is 1.19 bits per heavy atom. The molecular formula is C18H30N6O2. The van der Waals surface area contributed by atoms with Crippen LogP contribution in [0.3, 0.4) is 0 Å². The predicted octanol–water partition coefficient (Wildman–Crippen LogP) is 0.653. The second-order valence-electron chi connectivity index (χ2n) is 7.97. The number of fused-ring (bicyclic) bond motifs is 1. The molecule has 1 saturated heterocycles. The number of hydrogen-bond donors (Lipinski definition) is 1. The summed E-state index contributed by atoms with van der Waals surface area (Å²) in [6.07, 6.45) is 2.00. The van der Waals surface area contributed by atoms with E-state index < -0.39 is 0 Å². The van der Waals surface area contributed by atoms with Crippen molar-refractivity contribution in [2.45, 2.75) is 46.2 Å². The average Bonchev–Trinajstić information content (AvgIpc) is 2.97. The fraction of sp³-hybridized carbons (Fsp3) is 0.722. The number of nitrogens with zero attached hydrogens (tertiary/aromatic N) is 5. The molecule has 0 spiro atoms. The van der Waals surface area contributed by atoms with Crippen LogP contribution in [0.5, 0.6) is 0 Å². The molecule has 1 fully saturated rings. The highest BCUT2D eigenvalue weighted by Gasteiger charge is 2.26. The van der Waals surface area contributed by atoms with E-state index in [4.69, 9.17) is 10.7 Å². The number of hydrogen-bond acceptors (Lipinski definition) is 5. The summed E-state index contributed by atoms with van der Waals surface area (Å²) in [6, 6.07) is 0.103. The smallest absolute Gasteiger partial charge is 0.332 e.